The lowest BCUT2D eigenvalue weighted by molar-refractivity contribution is 0.112. The molecule has 1 aromatic heterocycles. The van der Waals surface area contributed by atoms with Crippen molar-refractivity contribution in [1.29, 1.82) is 0 Å². The fraction of sp³-hybridized carbons (Fsp3) is 0.214. The van der Waals surface area contributed by atoms with E-state index in [-0.39, 0.29) is 5.15 Å². The number of methoxy groups -OCH3 is 1. The molecule has 5 heteroatoms. The highest BCUT2D eigenvalue weighted by Gasteiger charge is 2.14. The Kier molecular flexibility index (Phi) is 3.81. The van der Waals surface area contributed by atoms with Gasteiger partial charge in [-0.15, -0.1) is 0 Å². The minimum atomic E-state index is 0.174. The fourth-order valence-corrected chi connectivity index (χ4v) is 2.14. The van der Waals surface area contributed by atoms with Crippen LogP contribution in [-0.4, -0.2) is 23.4 Å². The second kappa shape index (κ2) is 5.36. The molecule has 0 aliphatic carbocycles. The number of carbonyl (C=O) groups is 1. The van der Waals surface area contributed by atoms with E-state index in [4.69, 9.17) is 16.3 Å². The molecule has 98 valence electrons. The van der Waals surface area contributed by atoms with Gasteiger partial charge in [-0.05, 0) is 37.6 Å². The molecule has 1 aromatic carbocycles. The first kappa shape index (κ1) is 13.5. The number of ether oxygens (including phenoxy) is 1. The fourth-order valence-electron chi connectivity index (χ4n) is 1.89. The molecule has 2 aromatic rings. The molecule has 4 nitrogen and oxygen atoms in total. The minimum Gasteiger partial charge on any atom is -0.497 e. The summed E-state index contributed by atoms with van der Waals surface area (Å²) in [6.45, 7) is 3.67. The van der Waals surface area contributed by atoms with Gasteiger partial charge in [0.25, 0.3) is 0 Å². The van der Waals surface area contributed by atoms with E-state index in [0.29, 0.717) is 23.4 Å². The molecule has 19 heavy (non-hydrogen) atoms. The smallest absolute Gasteiger partial charge is 0.155 e. The van der Waals surface area contributed by atoms with Crippen molar-refractivity contribution in [2.24, 2.45) is 0 Å². The number of benzene rings is 1. The summed E-state index contributed by atoms with van der Waals surface area (Å²) in [5.74, 6) is 1.28. The van der Waals surface area contributed by atoms with Gasteiger partial charge in [0.1, 0.15) is 16.7 Å². The van der Waals surface area contributed by atoms with E-state index in [1.807, 2.05) is 25.1 Å². The molecule has 0 N–H and O–H groups in total. The minimum absolute atomic E-state index is 0.174. The van der Waals surface area contributed by atoms with Crippen LogP contribution in [0.3, 0.4) is 0 Å². The highest BCUT2D eigenvalue weighted by Crippen LogP contribution is 2.29. The van der Waals surface area contributed by atoms with E-state index in [0.717, 1.165) is 16.9 Å². The first-order valence-electron chi connectivity index (χ1n) is 5.71. The highest BCUT2D eigenvalue weighted by molar-refractivity contribution is 6.32. The van der Waals surface area contributed by atoms with Crippen LogP contribution in [-0.2, 0) is 0 Å². The Bertz CT molecular complexity index is 642. The standard InChI is InChI=1S/C14H13ClN2O2/c1-8-6-10(19-3)4-5-11(8)13-12(7-18)14(15)17-9(2)16-13/h4-7H,1-3H3. The van der Waals surface area contributed by atoms with Crippen LogP contribution in [0.15, 0.2) is 18.2 Å². The Labute approximate surface area is 116 Å². The van der Waals surface area contributed by atoms with Crippen LogP contribution >= 0.6 is 11.6 Å². The first-order valence-corrected chi connectivity index (χ1v) is 6.09. The van der Waals surface area contributed by atoms with Crippen LogP contribution in [0.5, 0.6) is 5.75 Å². The van der Waals surface area contributed by atoms with Crippen molar-refractivity contribution in [2.45, 2.75) is 13.8 Å². The summed E-state index contributed by atoms with van der Waals surface area (Å²) in [7, 11) is 1.61. The van der Waals surface area contributed by atoms with Gasteiger partial charge in [-0.25, -0.2) is 9.97 Å². The molecule has 0 aliphatic rings. The molecule has 2 rings (SSSR count). The van der Waals surface area contributed by atoms with Gasteiger partial charge in [-0.2, -0.15) is 0 Å². The average Bonchev–Trinajstić information content (AvgIpc) is 2.37. The molecule has 0 spiro atoms. The molecular weight excluding hydrogens is 264 g/mol. The van der Waals surface area contributed by atoms with Gasteiger partial charge in [-0.3, -0.25) is 4.79 Å². The Hall–Kier alpha value is -1.94. The quantitative estimate of drug-likeness (QED) is 0.638. The largest absolute Gasteiger partial charge is 0.497 e. The van der Waals surface area contributed by atoms with Crippen molar-refractivity contribution in [1.82, 2.24) is 9.97 Å². The van der Waals surface area contributed by atoms with Crippen LogP contribution in [0.2, 0.25) is 5.15 Å². The number of aryl methyl sites for hydroxylation is 2. The van der Waals surface area contributed by atoms with Gasteiger partial charge in [-0.1, -0.05) is 11.6 Å². The normalized spacial score (nSPS) is 10.3. The number of nitrogens with zero attached hydrogens (tertiary/aromatic N) is 2. The van der Waals surface area contributed by atoms with Crippen molar-refractivity contribution >= 4 is 17.9 Å². The predicted molar refractivity (Wildman–Crippen MR) is 73.9 cm³/mol. The molecule has 0 radical (unpaired) electrons. The van der Waals surface area contributed by atoms with E-state index in [2.05, 4.69) is 9.97 Å². The first-order chi connectivity index (χ1) is 9.06. The van der Waals surface area contributed by atoms with E-state index < -0.39 is 0 Å². The number of carbonyl (C=O) groups excluding carboxylic acids is 1. The monoisotopic (exact) mass is 276 g/mol. The highest BCUT2D eigenvalue weighted by atomic mass is 35.5. The van der Waals surface area contributed by atoms with Gasteiger partial charge >= 0.3 is 0 Å². The Balaban J connectivity index is 2.67. The van der Waals surface area contributed by atoms with Crippen LogP contribution in [0.25, 0.3) is 11.3 Å². The van der Waals surface area contributed by atoms with Gasteiger partial charge < -0.3 is 4.74 Å². The third-order valence-corrected chi connectivity index (χ3v) is 3.11. The molecule has 0 saturated carbocycles. The maximum atomic E-state index is 11.2. The summed E-state index contributed by atoms with van der Waals surface area (Å²) in [5, 5.41) is 0.174. The SMILES string of the molecule is COc1ccc(-c2nc(C)nc(Cl)c2C=O)c(C)c1. The van der Waals surface area contributed by atoms with Crippen LogP contribution < -0.4 is 4.74 Å². The molecule has 0 fully saturated rings. The molecular formula is C14H13ClN2O2. The second-order valence-corrected chi connectivity index (χ2v) is 4.48. The van der Waals surface area contributed by atoms with Crippen molar-refractivity contribution in [2.75, 3.05) is 7.11 Å². The third kappa shape index (κ3) is 2.58. The zero-order chi connectivity index (χ0) is 14.0. The maximum absolute atomic E-state index is 11.2. The summed E-state index contributed by atoms with van der Waals surface area (Å²) in [4.78, 5) is 19.5. The second-order valence-electron chi connectivity index (χ2n) is 4.12. The number of aldehydes is 1. The molecule has 0 atom stereocenters. The third-order valence-electron chi connectivity index (χ3n) is 2.82. The molecule has 0 saturated heterocycles. The summed E-state index contributed by atoms with van der Waals surface area (Å²) < 4.78 is 5.16. The van der Waals surface area contributed by atoms with Crippen LogP contribution in [0.1, 0.15) is 21.7 Å². The van der Waals surface area contributed by atoms with Crippen molar-refractivity contribution in [3.05, 3.63) is 40.3 Å². The molecule has 0 amide bonds. The van der Waals surface area contributed by atoms with Crippen molar-refractivity contribution < 1.29 is 9.53 Å². The molecule has 0 aliphatic heterocycles. The lowest BCUT2D eigenvalue weighted by atomic mass is 10.0. The number of rotatable bonds is 3. The number of hydrogen-bond acceptors (Lipinski definition) is 4. The Morgan fingerprint density at radius 3 is 2.58 bits per heavy atom. The Morgan fingerprint density at radius 2 is 2.00 bits per heavy atom. The molecule has 0 bridgehead atoms. The Morgan fingerprint density at radius 1 is 1.26 bits per heavy atom. The number of aromatic nitrogens is 2. The predicted octanol–water partition coefficient (Wildman–Crippen LogP) is 3.23. The van der Waals surface area contributed by atoms with Gasteiger partial charge in [0.15, 0.2) is 6.29 Å². The van der Waals surface area contributed by atoms with E-state index >= 15 is 0 Å². The maximum Gasteiger partial charge on any atom is 0.155 e. The topological polar surface area (TPSA) is 52.1 Å². The number of hydrogen-bond donors (Lipinski definition) is 0. The zero-order valence-corrected chi connectivity index (χ0v) is 11.7. The summed E-state index contributed by atoms with van der Waals surface area (Å²) in [6, 6.07) is 5.57. The summed E-state index contributed by atoms with van der Waals surface area (Å²) >= 11 is 5.99. The van der Waals surface area contributed by atoms with E-state index in [1.165, 1.54) is 0 Å². The van der Waals surface area contributed by atoms with E-state index in [1.54, 1.807) is 14.0 Å². The van der Waals surface area contributed by atoms with Gasteiger partial charge in [0.05, 0.1) is 18.4 Å². The zero-order valence-electron chi connectivity index (χ0n) is 10.9. The van der Waals surface area contributed by atoms with Gasteiger partial charge in [0.2, 0.25) is 0 Å². The van der Waals surface area contributed by atoms with Gasteiger partial charge in [0, 0.05) is 5.56 Å². The lowest BCUT2D eigenvalue weighted by Crippen LogP contribution is -2.00. The molecule has 1 heterocycles. The summed E-state index contributed by atoms with van der Waals surface area (Å²) in [5.41, 5.74) is 2.65. The van der Waals surface area contributed by atoms with Crippen molar-refractivity contribution in [3.63, 3.8) is 0 Å². The van der Waals surface area contributed by atoms with E-state index in [9.17, 15) is 4.79 Å². The average molecular weight is 277 g/mol. The number of halogens is 1. The van der Waals surface area contributed by atoms with Crippen LogP contribution in [0, 0.1) is 13.8 Å². The van der Waals surface area contributed by atoms with Crippen LogP contribution in [0.4, 0.5) is 0 Å². The molecule has 0 unspecified atom stereocenters. The summed E-state index contributed by atoms with van der Waals surface area (Å²) in [6.07, 6.45) is 0.681. The lowest BCUT2D eigenvalue weighted by Gasteiger charge is -2.10. The van der Waals surface area contributed by atoms with Crippen molar-refractivity contribution in [3.8, 4) is 17.0 Å².